The summed E-state index contributed by atoms with van der Waals surface area (Å²) >= 11 is 8.34. The van der Waals surface area contributed by atoms with Crippen LogP contribution in [-0.2, 0) is 0 Å². The molecule has 0 saturated heterocycles. The van der Waals surface area contributed by atoms with E-state index in [1.54, 1.807) is 13.2 Å². The predicted octanol–water partition coefficient (Wildman–Crippen LogP) is 3.93. The van der Waals surface area contributed by atoms with Crippen LogP contribution >= 0.6 is 34.2 Å². The van der Waals surface area contributed by atoms with Gasteiger partial charge in [0.1, 0.15) is 10.8 Å². The smallest absolute Gasteiger partial charge is 0.213 e. The van der Waals surface area contributed by atoms with E-state index in [4.69, 9.17) is 16.3 Å². The van der Waals surface area contributed by atoms with E-state index in [0.29, 0.717) is 22.6 Å². The summed E-state index contributed by atoms with van der Waals surface area (Å²) in [5.41, 5.74) is 1.58. The second kappa shape index (κ2) is 6.00. The highest BCUT2D eigenvalue weighted by Crippen LogP contribution is 2.27. The normalized spacial score (nSPS) is 10.8. The van der Waals surface area contributed by atoms with Crippen molar-refractivity contribution in [3.05, 3.63) is 32.6 Å². The van der Waals surface area contributed by atoms with Crippen LogP contribution in [0.3, 0.4) is 0 Å². The van der Waals surface area contributed by atoms with Gasteiger partial charge in [-0.05, 0) is 34.6 Å². The maximum Gasteiger partial charge on any atom is 0.213 e. The van der Waals surface area contributed by atoms with Crippen molar-refractivity contribution in [2.24, 2.45) is 0 Å². The number of halogens is 2. The fraction of sp³-hybridized carbons (Fsp3) is 0.308. The van der Waals surface area contributed by atoms with Gasteiger partial charge in [0.05, 0.1) is 16.4 Å². The van der Waals surface area contributed by atoms with Crippen LogP contribution in [0.1, 0.15) is 25.5 Å². The van der Waals surface area contributed by atoms with Crippen LogP contribution < -0.4 is 4.74 Å². The van der Waals surface area contributed by atoms with Crippen LogP contribution in [0.15, 0.2) is 18.2 Å². The van der Waals surface area contributed by atoms with E-state index in [9.17, 15) is 0 Å². The average molecular weight is 390 g/mol. The summed E-state index contributed by atoms with van der Waals surface area (Å²) in [5, 5.41) is 0.457. The Labute approximate surface area is 130 Å². The molecule has 2 rings (SSSR count). The van der Waals surface area contributed by atoms with Gasteiger partial charge in [-0.1, -0.05) is 31.5 Å². The lowest BCUT2D eigenvalue weighted by Gasteiger charge is -2.10. The van der Waals surface area contributed by atoms with E-state index in [-0.39, 0.29) is 5.92 Å². The second-order valence-electron chi connectivity index (χ2n) is 4.26. The average Bonchev–Trinajstić information content (AvgIpc) is 2.41. The molecule has 2 aromatic heterocycles. The first-order chi connectivity index (χ1) is 9.02. The Morgan fingerprint density at radius 1 is 1.21 bits per heavy atom. The molecule has 2 heterocycles. The molecule has 0 amide bonds. The van der Waals surface area contributed by atoms with Crippen molar-refractivity contribution in [1.82, 2.24) is 15.0 Å². The number of ether oxygens (including phenoxy) is 1. The molecule has 0 saturated carbocycles. The van der Waals surface area contributed by atoms with Gasteiger partial charge in [-0.3, -0.25) is 0 Å². The Kier molecular flexibility index (Phi) is 4.57. The molecule has 100 valence electrons. The summed E-state index contributed by atoms with van der Waals surface area (Å²) in [6.45, 7) is 4.15. The van der Waals surface area contributed by atoms with E-state index in [1.807, 2.05) is 12.1 Å². The minimum atomic E-state index is 0.275. The SMILES string of the molecule is COc1cccc(-c2nc(Cl)c(I)c(C(C)C)n2)n1. The first-order valence-corrected chi connectivity index (χ1v) is 7.23. The number of aromatic nitrogens is 3. The van der Waals surface area contributed by atoms with Crippen molar-refractivity contribution < 1.29 is 4.74 Å². The van der Waals surface area contributed by atoms with Crippen molar-refractivity contribution in [3.8, 4) is 17.4 Å². The molecule has 0 radical (unpaired) electrons. The van der Waals surface area contributed by atoms with Crippen LogP contribution in [0.5, 0.6) is 5.88 Å². The Morgan fingerprint density at radius 3 is 2.58 bits per heavy atom. The highest BCUT2D eigenvalue weighted by atomic mass is 127. The maximum absolute atomic E-state index is 6.17. The van der Waals surface area contributed by atoms with Crippen LogP contribution in [0, 0.1) is 3.57 Å². The van der Waals surface area contributed by atoms with Crippen LogP contribution in [0.2, 0.25) is 5.15 Å². The number of nitrogens with zero attached hydrogens (tertiary/aromatic N) is 3. The van der Waals surface area contributed by atoms with Gasteiger partial charge in [-0.15, -0.1) is 0 Å². The van der Waals surface area contributed by atoms with Gasteiger partial charge in [-0.2, -0.15) is 0 Å². The molecule has 0 N–H and O–H groups in total. The van der Waals surface area contributed by atoms with Crippen molar-refractivity contribution in [1.29, 1.82) is 0 Å². The van der Waals surface area contributed by atoms with Crippen LogP contribution in [0.4, 0.5) is 0 Å². The van der Waals surface area contributed by atoms with Gasteiger partial charge >= 0.3 is 0 Å². The topological polar surface area (TPSA) is 47.9 Å². The minimum Gasteiger partial charge on any atom is -0.481 e. The molecule has 0 atom stereocenters. The zero-order chi connectivity index (χ0) is 14.0. The fourth-order valence-corrected chi connectivity index (χ4v) is 2.63. The molecule has 0 aliphatic heterocycles. The largest absolute Gasteiger partial charge is 0.481 e. The molecule has 0 unspecified atom stereocenters. The number of hydrogen-bond donors (Lipinski definition) is 0. The van der Waals surface area contributed by atoms with Crippen LogP contribution in [0.25, 0.3) is 11.5 Å². The van der Waals surface area contributed by atoms with Gasteiger partial charge < -0.3 is 4.74 Å². The molecule has 0 aliphatic rings. The van der Waals surface area contributed by atoms with E-state index >= 15 is 0 Å². The van der Waals surface area contributed by atoms with Crippen LogP contribution in [-0.4, -0.2) is 22.1 Å². The standard InChI is InChI=1S/C13H13ClIN3O/c1-7(2)11-10(15)12(14)18-13(17-11)8-5-4-6-9(16-8)19-3/h4-7H,1-3H3. The number of rotatable bonds is 3. The Morgan fingerprint density at radius 2 is 1.95 bits per heavy atom. The summed E-state index contributed by atoms with van der Waals surface area (Å²) in [6, 6.07) is 5.47. The molecule has 0 fully saturated rings. The Bertz CT molecular complexity index is 604. The summed E-state index contributed by atoms with van der Waals surface area (Å²) in [6.07, 6.45) is 0. The van der Waals surface area contributed by atoms with Crippen molar-refractivity contribution in [2.75, 3.05) is 7.11 Å². The molecule has 6 heteroatoms. The second-order valence-corrected chi connectivity index (χ2v) is 5.69. The number of methoxy groups -OCH3 is 1. The van der Waals surface area contributed by atoms with E-state index in [1.165, 1.54) is 0 Å². The molecular formula is C13H13ClIN3O. The number of hydrogen-bond acceptors (Lipinski definition) is 4. The zero-order valence-electron chi connectivity index (χ0n) is 10.8. The van der Waals surface area contributed by atoms with Gasteiger partial charge in [0.2, 0.25) is 5.88 Å². The summed E-state index contributed by atoms with van der Waals surface area (Å²) in [5.74, 6) is 1.33. The van der Waals surface area contributed by atoms with Crippen molar-refractivity contribution in [3.63, 3.8) is 0 Å². The Balaban J connectivity index is 2.56. The summed E-state index contributed by atoms with van der Waals surface area (Å²) < 4.78 is 6.00. The van der Waals surface area contributed by atoms with E-state index in [2.05, 4.69) is 51.4 Å². The van der Waals surface area contributed by atoms with E-state index in [0.717, 1.165) is 9.26 Å². The highest BCUT2D eigenvalue weighted by Gasteiger charge is 2.15. The quantitative estimate of drug-likeness (QED) is 0.589. The van der Waals surface area contributed by atoms with Gasteiger partial charge in [0.15, 0.2) is 5.82 Å². The van der Waals surface area contributed by atoms with Crippen molar-refractivity contribution in [2.45, 2.75) is 19.8 Å². The molecule has 0 bridgehead atoms. The first kappa shape index (κ1) is 14.5. The molecular weight excluding hydrogens is 377 g/mol. The number of pyridine rings is 1. The third kappa shape index (κ3) is 3.14. The lowest BCUT2D eigenvalue weighted by atomic mass is 10.1. The van der Waals surface area contributed by atoms with Gasteiger partial charge in [0.25, 0.3) is 0 Å². The zero-order valence-corrected chi connectivity index (χ0v) is 13.7. The monoisotopic (exact) mass is 389 g/mol. The molecule has 0 aliphatic carbocycles. The third-order valence-electron chi connectivity index (χ3n) is 2.55. The predicted molar refractivity (Wildman–Crippen MR) is 83.6 cm³/mol. The highest BCUT2D eigenvalue weighted by molar-refractivity contribution is 14.1. The minimum absolute atomic E-state index is 0.275. The summed E-state index contributed by atoms with van der Waals surface area (Å²) in [7, 11) is 1.58. The lowest BCUT2D eigenvalue weighted by molar-refractivity contribution is 0.398. The lowest BCUT2D eigenvalue weighted by Crippen LogP contribution is -2.03. The third-order valence-corrected chi connectivity index (χ3v) is 4.20. The Hall–Kier alpha value is -0.950. The van der Waals surface area contributed by atoms with E-state index < -0.39 is 0 Å². The molecule has 0 spiro atoms. The molecule has 4 nitrogen and oxygen atoms in total. The molecule has 0 aromatic carbocycles. The van der Waals surface area contributed by atoms with Gasteiger partial charge in [0, 0.05) is 6.07 Å². The molecule has 2 aromatic rings. The summed E-state index contributed by atoms with van der Waals surface area (Å²) in [4.78, 5) is 13.2. The first-order valence-electron chi connectivity index (χ1n) is 5.77. The van der Waals surface area contributed by atoms with Crippen molar-refractivity contribution >= 4 is 34.2 Å². The maximum atomic E-state index is 6.17. The fourth-order valence-electron chi connectivity index (χ4n) is 1.59. The van der Waals surface area contributed by atoms with Gasteiger partial charge in [-0.25, -0.2) is 15.0 Å². The molecule has 19 heavy (non-hydrogen) atoms.